The Hall–Kier alpha value is -1.04. The average molecular weight is 247 g/mol. The van der Waals surface area contributed by atoms with Gasteiger partial charge in [0.2, 0.25) is 16.0 Å². The van der Waals surface area contributed by atoms with Crippen LogP contribution in [-0.2, 0) is 10.0 Å². The molecule has 0 fully saturated rings. The van der Waals surface area contributed by atoms with Crippen LogP contribution in [0.5, 0.6) is 0 Å². The third-order valence-corrected chi connectivity index (χ3v) is 3.25. The van der Waals surface area contributed by atoms with Gasteiger partial charge in [-0.25, -0.2) is 17.7 Å². The first-order valence-corrected chi connectivity index (χ1v) is 6.81. The van der Waals surface area contributed by atoms with Crippen LogP contribution < -0.4 is 0 Å². The van der Waals surface area contributed by atoms with E-state index in [-0.39, 0.29) is 5.92 Å². The molecule has 5 nitrogen and oxygen atoms in total. The maximum Gasteiger partial charge on any atom is 0.234 e. The van der Waals surface area contributed by atoms with Crippen molar-refractivity contribution in [1.82, 2.24) is 9.21 Å². The summed E-state index contributed by atoms with van der Waals surface area (Å²) in [7, 11) is 1.66. The van der Waals surface area contributed by atoms with Crippen molar-refractivity contribution < 1.29 is 8.42 Å². The molecule has 0 aliphatic rings. The van der Waals surface area contributed by atoms with Gasteiger partial charge < -0.3 is 4.90 Å². The molecule has 0 aliphatic heterocycles. The molecule has 0 aliphatic carbocycles. The van der Waals surface area contributed by atoms with Crippen LogP contribution in [0, 0.1) is 5.92 Å². The summed E-state index contributed by atoms with van der Waals surface area (Å²) in [5.74, 6) is 0.545. The zero-order valence-corrected chi connectivity index (χ0v) is 11.7. The molecule has 0 N–H and O–H groups in total. The Kier molecular flexibility index (Phi) is 4.99. The van der Waals surface area contributed by atoms with E-state index in [1.165, 1.54) is 7.05 Å². The van der Waals surface area contributed by atoms with Gasteiger partial charge in [-0.15, -0.1) is 0 Å². The minimum atomic E-state index is -3.30. The van der Waals surface area contributed by atoms with E-state index >= 15 is 0 Å². The molecule has 0 rings (SSSR count). The van der Waals surface area contributed by atoms with Crippen molar-refractivity contribution in [2.24, 2.45) is 10.9 Å². The van der Waals surface area contributed by atoms with Gasteiger partial charge in [-0.3, -0.25) is 0 Å². The molecule has 0 aromatic rings. The second-order valence-corrected chi connectivity index (χ2v) is 6.20. The van der Waals surface area contributed by atoms with E-state index in [0.717, 1.165) is 10.6 Å². The van der Waals surface area contributed by atoms with Crippen molar-refractivity contribution in [2.45, 2.75) is 13.8 Å². The largest absolute Gasteiger partial charge is 0.348 e. The Labute approximate surface area is 98.5 Å². The fourth-order valence-corrected chi connectivity index (χ4v) is 1.36. The zero-order valence-electron chi connectivity index (χ0n) is 10.9. The van der Waals surface area contributed by atoms with Gasteiger partial charge in [0.1, 0.15) is 0 Å². The predicted octanol–water partition coefficient (Wildman–Crippen LogP) is 0.965. The number of allylic oxidation sites excluding steroid dienone is 1. The fraction of sp³-hybridized carbons (Fsp3) is 0.700. The van der Waals surface area contributed by atoms with Crippen LogP contribution >= 0.6 is 0 Å². The Morgan fingerprint density at radius 1 is 1.25 bits per heavy atom. The molecule has 16 heavy (non-hydrogen) atoms. The van der Waals surface area contributed by atoms with E-state index in [2.05, 4.69) is 11.6 Å². The van der Waals surface area contributed by atoms with Crippen LogP contribution in [0.25, 0.3) is 0 Å². The molecule has 0 heterocycles. The van der Waals surface area contributed by atoms with Gasteiger partial charge in [-0.2, -0.15) is 0 Å². The van der Waals surface area contributed by atoms with Crippen molar-refractivity contribution >= 4 is 16.0 Å². The van der Waals surface area contributed by atoms with Crippen molar-refractivity contribution in [3.05, 3.63) is 12.3 Å². The van der Waals surface area contributed by atoms with E-state index in [1.807, 2.05) is 13.8 Å². The summed E-state index contributed by atoms with van der Waals surface area (Å²) in [6.45, 7) is 7.72. The highest BCUT2D eigenvalue weighted by Gasteiger charge is 2.18. The molecule has 94 valence electrons. The van der Waals surface area contributed by atoms with E-state index < -0.39 is 10.0 Å². The lowest BCUT2D eigenvalue weighted by molar-refractivity contribution is 0.505. The van der Waals surface area contributed by atoms with Crippen LogP contribution in [0.15, 0.2) is 17.3 Å². The molecule has 0 aromatic heterocycles. The normalized spacial score (nSPS) is 12.8. The Bertz CT molecular complexity index is 383. The predicted molar refractivity (Wildman–Crippen MR) is 67.7 cm³/mol. The molecule has 0 saturated carbocycles. The molecule has 0 saturated heterocycles. The minimum Gasteiger partial charge on any atom is -0.348 e. The van der Waals surface area contributed by atoms with Gasteiger partial charge in [-0.1, -0.05) is 20.4 Å². The van der Waals surface area contributed by atoms with E-state index in [0.29, 0.717) is 11.7 Å². The number of hydrogen-bond acceptors (Lipinski definition) is 3. The highest BCUT2D eigenvalue weighted by Crippen LogP contribution is 2.10. The molecule has 0 unspecified atom stereocenters. The number of nitrogens with zero attached hydrogens (tertiary/aromatic N) is 3. The number of rotatable bonds is 3. The van der Waals surface area contributed by atoms with Gasteiger partial charge in [0.15, 0.2) is 0 Å². The van der Waals surface area contributed by atoms with Crippen LogP contribution in [0.4, 0.5) is 0 Å². The number of guanidine groups is 1. The summed E-state index contributed by atoms with van der Waals surface area (Å²) < 4.78 is 24.0. The molecule has 0 atom stereocenters. The smallest absolute Gasteiger partial charge is 0.234 e. The molecular formula is C10H21N3O2S. The Morgan fingerprint density at radius 2 is 1.69 bits per heavy atom. The first-order chi connectivity index (χ1) is 7.07. The van der Waals surface area contributed by atoms with Crippen LogP contribution in [0.2, 0.25) is 0 Å². The van der Waals surface area contributed by atoms with E-state index in [1.54, 1.807) is 19.0 Å². The lowest BCUT2D eigenvalue weighted by Crippen LogP contribution is -2.41. The molecule has 0 bridgehead atoms. The average Bonchev–Trinajstić information content (AvgIpc) is 2.10. The van der Waals surface area contributed by atoms with E-state index in [9.17, 15) is 8.42 Å². The Balaban J connectivity index is 5.27. The van der Waals surface area contributed by atoms with Crippen LogP contribution in [0.1, 0.15) is 13.8 Å². The second kappa shape index (κ2) is 5.34. The first kappa shape index (κ1) is 15.0. The summed E-state index contributed by atoms with van der Waals surface area (Å²) in [5, 5.41) is 0. The molecular weight excluding hydrogens is 226 g/mol. The second-order valence-electron chi connectivity index (χ2n) is 4.18. The van der Waals surface area contributed by atoms with Crippen LogP contribution in [0.3, 0.4) is 0 Å². The van der Waals surface area contributed by atoms with Gasteiger partial charge >= 0.3 is 0 Å². The standard InChI is InChI=1S/C10H21N3O2S/c1-8(2)9(3)11-10(12(4)5)13(6)16(7,14)15/h8H,3H2,1-2,4-7H3/b11-10+. The van der Waals surface area contributed by atoms with Crippen molar-refractivity contribution in [2.75, 3.05) is 27.4 Å². The maximum absolute atomic E-state index is 11.4. The third kappa shape index (κ3) is 4.22. The van der Waals surface area contributed by atoms with Gasteiger partial charge in [-0.05, 0) is 5.92 Å². The molecule has 0 radical (unpaired) electrons. The molecule has 0 aromatic carbocycles. The lowest BCUT2D eigenvalue weighted by Gasteiger charge is -2.25. The van der Waals surface area contributed by atoms with Gasteiger partial charge in [0.05, 0.1) is 6.26 Å². The Morgan fingerprint density at radius 3 is 1.94 bits per heavy atom. The summed E-state index contributed by atoms with van der Waals surface area (Å²) in [6, 6.07) is 0. The maximum atomic E-state index is 11.4. The van der Waals surface area contributed by atoms with Crippen molar-refractivity contribution in [1.29, 1.82) is 0 Å². The first-order valence-electron chi connectivity index (χ1n) is 4.96. The SMILES string of the molecule is C=C(/N=C(\N(C)C)N(C)S(C)(=O)=O)C(C)C. The summed E-state index contributed by atoms with van der Waals surface area (Å²) in [4.78, 5) is 5.88. The monoisotopic (exact) mass is 247 g/mol. The molecule has 0 amide bonds. The quantitative estimate of drug-likeness (QED) is 0.551. The van der Waals surface area contributed by atoms with Gasteiger partial charge in [0, 0.05) is 26.8 Å². The number of hydrogen-bond donors (Lipinski definition) is 0. The van der Waals surface area contributed by atoms with Crippen LogP contribution in [-0.4, -0.2) is 51.0 Å². The molecule has 6 heteroatoms. The highest BCUT2D eigenvalue weighted by atomic mass is 32.2. The van der Waals surface area contributed by atoms with E-state index in [4.69, 9.17) is 0 Å². The number of sulfonamides is 1. The number of aliphatic imine (C=N–C) groups is 1. The third-order valence-electron chi connectivity index (χ3n) is 2.09. The summed E-state index contributed by atoms with van der Waals surface area (Å²) in [5.41, 5.74) is 0.652. The minimum absolute atomic E-state index is 0.183. The van der Waals surface area contributed by atoms with Crippen molar-refractivity contribution in [3.8, 4) is 0 Å². The zero-order chi connectivity index (χ0) is 13.1. The molecule has 0 spiro atoms. The van der Waals surface area contributed by atoms with Crippen molar-refractivity contribution in [3.63, 3.8) is 0 Å². The fourth-order valence-electron chi connectivity index (χ4n) is 0.858. The lowest BCUT2D eigenvalue weighted by atomic mass is 10.2. The topological polar surface area (TPSA) is 53.0 Å². The highest BCUT2D eigenvalue weighted by molar-refractivity contribution is 7.88. The van der Waals surface area contributed by atoms with Gasteiger partial charge in [0.25, 0.3) is 0 Å². The summed E-state index contributed by atoms with van der Waals surface area (Å²) >= 11 is 0. The summed E-state index contributed by atoms with van der Waals surface area (Å²) in [6.07, 6.45) is 1.14.